The molecule has 0 spiro atoms. The van der Waals surface area contributed by atoms with E-state index in [0.717, 1.165) is 51.7 Å². The molecule has 148 valence electrons. The lowest BCUT2D eigenvalue weighted by Crippen LogP contribution is -2.54. The predicted octanol–water partition coefficient (Wildman–Crippen LogP) is 4.18. The number of nitriles is 1. The molecule has 1 fully saturated rings. The Morgan fingerprint density at radius 2 is 2.07 bits per heavy atom. The van der Waals surface area contributed by atoms with Gasteiger partial charge in [0.25, 0.3) is 0 Å². The SMILES string of the molecule is C=CCCC(C#N)(NS(=O)CCCC)C1CCN(Cc2ccccc2)CC1. The minimum absolute atomic E-state index is 0.222. The quantitative estimate of drug-likeness (QED) is 0.580. The summed E-state index contributed by atoms with van der Waals surface area (Å²) in [5.41, 5.74) is 0.610. The van der Waals surface area contributed by atoms with Crippen LogP contribution >= 0.6 is 0 Å². The van der Waals surface area contributed by atoms with E-state index in [1.165, 1.54) is 5.56 Å². The number of rotatable bonds is 11. The normalized spacial score (nSPS) is 19.1. The minimum Gasteiger partial charge on any atom is -0.299 e. The van der Waals surface area contributed by atoms with Crippen molar-refractivity contribution in [3.8, 4) is 6.07 Å². The van der Waals surface area contributed by atoms with E-state index in [1.807, 2.05) is 12.1 Å². The van der Waals surface area contributed by atoms with E-state index >= 15 is 0 Å². The number of nitrogens with one attached hydrogen (secondary N) is 1. The number of likely N-dealkylation sites (tertiary alicyclic amines) is 1. The Bertz CT molecular complexity index is 635. The van der Waals surface area contributed by atoms with Crippen LogP contribution in [0.1, 0.15) is 51.0 Å². The molecule has 1 heterocycles. The van der Waals surface area contributed by atoms with Crippen LogP contribution in [0.5, 0.6) is 0 Å². The van der Waals surface area contributed by atoms with Crippen LogP contribution in [0.4, 0.5) is 0 Å². The number of allylic oxidation sites excluding steroid dienone is 1. The molecule has 1 aliphatic rings. The smallest absolute Gasteiger partial charge is 0.120 e. The van der Waals surface area contributed by atoms with E-state index in [9.17, 15) is 9.47 Å². The Morgan fingerprint density at radius 1 is 1.37 bits per heavy atom. The lowest BCUT2D eigenvalue weighted by molar-refractivity contribution is 0.135. The first-order chi connectivity index (χ1) is 13.1. The third-order valence-electron chi connectivity index (χ3n) is 5.46. The van der Waals surface area contributed by atoms with Gasteiger partial charge in [0.1, 0.15) is 5.54 Å². The topological polar surface area (TPSA) is 56.1 Å². The van der Waals surface area contributed by atoms with E-state index < -0.39 is 16.5 Å². The van der Waals surface area contributed by atoms with Gasteiger partial charge in [0.05, 0.1) is 17.1 Å². The summed E-state index contributed by atoms with van der Waals surface area (Å²) in [6.07, 6.45) is 7.12. The first kappa shape index (κ1) is 21.8. The third-order valence-corrected chi connectivity index (χ3v) is 6.71. The number of hydrogen-bond acceptors (Lipinski definition) is 3. The number of nitrogens with zero attached hydrogens (tertiary/aromatic N) is 2. The highest BCUT2D eigenvalue weighted by Crippen LogP contribution is 2.33. The fraction of sp³-hybridized carbons (Fsp3) is 0.591. The fourth-order valence-corrected chi connectivity index (χ4v) is 5.17. The van der Waals surface area contributed by atoms with Crippen molar-refractivity contribution in [2.75, 3.05) is 18.8 Å². The molecule has 1 aromatic rings. The molecule has 0 bridgehead atoms. The molecular weight excluding hydrogens is 354 g/mol. The van der Waals surface area contributed by atoms with Crippen molar-refractivity contribution in [2.45, 2.75) is 57.5 Å². The number of hydrogen-bond donors (Lipinski definition) is 1. The van der Waals surface area contributed by atoms with E-state index in [4.69, 9.17) is 0 Å². The van der Waals surface area contributed by atoms with Gasteiger partial charge < -0.3 is 0 Å². The van der Waals surface area contributed by atoms with Gasteiger partial charge in [-0.2, -0.15) is 5.26 Å². The molecule has 0 radical (unpaired) electrons. The minimum atomic E-state index is -1.15. The Balaban J connectivity index is 2.00. The van der Waals surface area contributed by atoms with Crippen molar-refractivity contribution >= 4 is 11.0 Å². The van der Waals surface area contributed by atoms with Gasteiger partial charge in [0.15, 0.2) is 0 Å². The molecule has 1 aromatic carbocycles. The molecule has 1 saturated heterocycles. The van der Waals surface area contributed by atoms with E-state index in [-0.39, 0.29) is 5.92 Å². The van der Waals surface area contributed by atoms with Crippen molar-refractivity contribution in [3.05, 3.63) is 48.6 Å². The summed E-state index contributed by atoms with van der Waals surface area (Å²) in [5.74, 6) is 0.834. The number of unbranched alkanes of at least 4 members (excludes halogenated alkanes) is 1. The summed E-state index contributed by atoms with van der Waals surface area (Å²) in [7, 11) is -1.15. The van der Waals surface area contributed by atoms with E-state index in [2.05, 4.69) is 53.5 Å². The van der Waals surface area contributed by atoms with Crippen LogP contribution < -0.4 is 4.72 Å². The van der Waals surface area contributed by atoms with Crippen molar-refractivity contribution in [1.29, 1.82) is 5.26 Å². The average Bonchev–Trinajstić information content (AvgIpc) is 2.71. The summed E-state index contributed by atoms with van der Waals surface area (Å²) in [5, 5.41) is 10.0. The number of piperidine rings is 1. The highest BCUT2D eigenvalue weighted by atomic mass is 32.2. The number of benzene rings is 1. The van der Waals surface area contributed by atoms with Crippen LogP contribution in [0.15, 0.2) is 43.0 Å². The molecule has 0 saturated carbocycles. The molecule has 2 unspecified atom stereocenters. The largest absolute Gasteiger partial charge is 0.299 e. The standard InChI is InChI=1S/C22H33N3OS/c1-3-5-14-22(19-23,24-27(26)17-6-4-2)21-12-15-25(16-13-21)18-20-10-8-7-9-11-20/h3,7-11,21,24H,1,4-6,12-18H2,2H3. The molecule has 0 aromatic heterocycles. The molecule has 0 amide bonds. The van der Waals surface area contributed by atoms with Gasteiger partial charge in [-0.15, -0.1) is 6.58 Å². The highest BCUT2D eigenvalue weighted by molar-refractivity contribution is 7.83. The maximum absolute atomic E-state index is 12.5. The Labute approximate surface area is 167 Å². The van der Waals surface area contributed by atoms with Gasteiger partial charge >= 0.3 is 0 Å². The zero-order chi connectivity index (χ0) is 19.5. The summed E-state index contributed by atoms with van der Waals surface area (Å²) in [4.78, 5) is 2.45. The van der Waals surface area contributed by atoms with Gasteiger partial charge in [-0.3, -0.25) is 4.90 Å². The van der Waals surface area contributed by atoms with E-state index in [1.54, 1.807) is 0 Å². The Kier molecular flexibility index (Phi) is 9.20. The van der Waals surface area contributed by atoms with Gasteiger partial charge in [0.2, 0.25) is 0 Å². The molecule has 1 N–H and O–H groups in total. The molecule has 2 atom stereocenters. The highest BCUT2D eigenvalue weighted by Gasteiger charge is 2.41. The zero-order valence-corrected chi connectivity index (χ0v) is 17.3. The molecule has 0 aliphatic carbocycles. The fourth-order valence-electron chi connectivity index (χ4n) is 3.79. The molecular formula is C22H33N3OS. The second-order valence-electron chi connectivity index (χ2n) is 7.45. The van der Waals surface area contributed by atoms with Crippen LogP contribution in [-0.4, -0.2) is 33.5 Å². The van der Waals surface area contributed by atoms with Crippen LogP contribution in [0.3, 0.4) is 0 Å². The predicted molar refractivity (Wildman–Crippen MR) is 113 cm³/mol. The summed E-state index contributed by atoms with van der Waals surface area (Å²) >= 11 is 0. The van der Waals surface area contributed by atoms with Crippen LogP contribution in [-0.2, 0) is 17.5 Å². The lowest BCUT2D eigenvalue weighted by Gasteiger charge is -2.41. The van der Waals surface area contributed by atoms with Crippen LogP contribution in [0.25, 0.3) is 0 Å². The van der Waals surface area contributed by atoms with Gasteiger partial charge in [0, 0.05) is 12.3 Å². The zero-order valence-electron chi connectivity index (χ0n) is 16.5. The van der Waals surface area contributed by atoms with Gasteiger partial charge in [-0.05, 0) is 56.7 Å². The molecule has 27 heavy (non-hydrogen) atoms. The van der Waals surface area contributed by atoms with Crippen LogP contribution in [0.2, 0.25) is 0 Å². The van der Waals surface area contributed by atoms with E-state index in [0.29, 0.717) is 12.2 Å². The maximum atomic E-state index is 12.5. The van der Waals surface area contributed by atoms with Crippen LogP contribution in [0, 0.1) is 17.2 Å². The molecule has 4 nitrogen and oxygen atoms in total. The lowest BCUT2D eigenvalue weighted by atomic mass is 9.76. The summed E-state index contributed by atoms with van der Waals surface area (Å²) in [6, 6.07) is 13.0. The first-order valence-electron chi connectivity index (χ1n) is 10.1. The monoisotopic (exact) mass is 387 g/mol. The first-order valence-corrected chi connectivity index (χ1v) is 11.4. The second kappa shape index (κ2) is 11.4. The third kappa shape index (κ3) is 6.57. The van der Waals surface area contributed by atoms with Crippen molar-refractivity contribution < 1.29 is 4.21 Å². The molecule has 1 aliphatic heterocycles. The summed E-state index contributed by atoms with van der Waals surface area (Å²) < 4.78 is 15.7. The maximum Gasteiger partial charge on any atom is 0.120 e. The van der Waals surface area contributed by atoms with Crippen molar-refractivity contribution in [2.24, 2.45) is 5.92 Å². The van der Waals surface area contributed by atoms with Gasteiger partial charge in [-0.1, -0.05) is 49.8 Å². The molecule has 5 heteroatoms. The van der Waals surface area contributed by atoms with Crippen molar-refractivity contribution in [3.63, 3.8) is 0 Å². The van der Waals surface area contributed by atoms with Crippen molar-refractivity contribution in [1.82, 2.24) is 9.62 Å². The average molecular weight is 388 g/mol. The Morgan fingerprint density at radius 3 is 2.67 bits per heavy atom. The second-order valence-corrected chi connectivity index (χ2v) is 8.76. The Hall–Kier alpha value is -1.48. The van der Waals surface area contributed by atoms with Gasteiger partial charge in [-0.25, -0.2) is 8.93 Å². The summed E-state index contributed by atoms with van der Waals surface area (Å²) in [6.45, 7) is 8.80. The molecule has 2 rings (SSSR count).